The Morgan fingerprint density at radius 2 is 2.38 bits per heavy atom. The van der Waals surface area contributed by atoms with Crippen molar-refractivity contribution in [1.29, 1.82) is 0 Å². The molecule has 72 valence electrons. The average Bonchev–Trinajstić information content (AvgIpc) is 2.47. The third-order valence-corrected chi connectivity index (χ3v) is 2.50. The van der Waals surface area contributed by atoms with Gasteiger partial charge in [-0.05, 0) is 25.7 Å². The van der Waals surface area contributed by atoms with Gasteiger partial charge in [-0.15, -0.1) is 0 Å². The van der Waals surface area contributed by atoms with Crippen molar-refractivity contribution in [3.05, 3.63) is 10.7 Å². The Labute approximate surface area is 82.8 Å². The Kier molecular flexibility index (Phi) is 3.48. The molecule has 0 aromatic rings. The lowest BCUT2D eigenvalue weighted by atomic mass is 10.1. The first-order valence-electron chi connectivity index (χ1n) is 4.30. The van der Waals surface area contributed by atoms with Crippen LogP contribution in [0.4, 0.5) is 0 Å². The van der Waals surface area contributed by atoms with Gasteiger partial charge in [-0.1, -0.05) is 23.7 Å². The standard InChI is InChI=1S/C9H13ClN2O/c1-3-11-9(10)8-6(2)4-5-7(8)12-13/h3,6,13H,4-5H2,1-2H3/b9-8?,11-3?,12-7+/t6-/m1/s1. The number of rotatable bonds is 1. The molecule has 1 fully saturated rings. The summed E-state index contributed by atoms with van der Waals surface area (Å²) in [6, 6.07) is 0. The van der Waals surface area contributed by atoms with Crippen LogP contribution >= 0.6 is 11.6 Å². The van der Waals surface area contributed by atoms with E-state index in [-0.39, 0.29) is 0 Å². The molecule has 0 amide bonds. The topological polar surface area (TPSA) is 45.0 Å². The Morgan fingerprint density at radius 1 is 1.69 bits per heavy atom. The Bertz CT molecular complexity index is 281. The Hall–Kier alpha value is -0.830. The first-order valence-corrected chi connectivity index (χ1v) is 4.68. The molecule has 1 N–H and O–H groups in total. The molecule has 0 aromatic heterocycles. The van der Waals surface area contributed by atoms with Crippen LogP contribution in [0, 0.1) is 5.92 Å². The lowest BCUT2D eigenvalue weighted by Crippen LogP contribution is -2.00. The Morgan fingerprint density at radius 3 is 2.92 bits per heavy atom. The monoisotopic (exact) mass is 200 g/mol. The number of halogens is 1. The van der Waals surface area contributed by atoms with E-state index >= 15 is 0 Å². The van der Waals surface area contributed by atoms with Gasteiger partial charge in [-0.25, -0.2) is 4.99 Å². The number of nitrogens with zero attached hydrogens (tertiary/aromatic N) is 2. The number of hydrogen-bond acceptors (Lipinski definition) is 3. The number of aliphatic imine (C=N–C) groups is 1. The third-order valence-electron chi connectivity index (χ3n) is 2.20. The van der Waals surface area contributed by atoms with Gasteiger partial charge in [0.1, 0.15) is 5.16 Å². The van der Waals surface area contributed by atoms with Crippen LogP contribution in [-0.2, 0) is 0 Å². The second-order valence-electron chi connectivity index (χ2n) is 3.08. The summed E-state index contributed by atoms with van der Waals surface area (Å²) in [4.78, 5) is 3.98. The summed E-state index contributed by atoms with van der Waals surface area (Å²) < 4.78 is 0. The molecule has 1 atom stereocenters. The second kappa shape index (κ2) is 4.42. The average molecular weight is 201 g/mol. The van der Waals surface area contributed by atoms with E-state index in [0.717, 1.165) is 18.4 Å². The minimum Gasteiger partial charge on any atom is -0.411 e. The molecule has 1 aliphatic carbocycles. The van der Waals surface area contributed by atoms with Gasteiger partial charge in [-0.3, -0.25) is 0 Å². The molecule has 3 nitrogen and oxygen atoms in total. The van der Waals surface area contributed by atoms with Crippen molar-refractivity contribution in [2.45, 2.75) is 26.7 Å². The van der Waals surface area contributed by atoms with Crippen LogP contribution in [0.2, 0.25) is 0 Å². The van der Waals surface area contributed by atoms with Gasteiger partial charge >= 0.3 is 0 Å². The lowest BCUT2D eigenvalue weighted by molar-refractivity contribution is 0.318. The van der Waals surface area contributed by atoms with E-state index in [4.69, 9.17) is 16.8 Å². The van der Waals surface area contributed by atoms with Gasteiger partial charge in [0.05, 0.1) is 5.71 Å². The summed E-state index contributed by atoms with van der Waals surface area (Å²) in [6.45, 7) is 3.86. The molecule has 0 heterocycles. The molecule has 0 unspecified atom stereocenters. The van der Waals surface area contributed by atoms with E-state index in [1.165, 1.54) is 0 Å². The van der Waals surface area contributed by atoms with Crippen molar-refractivity contribution < 1.29 is 5.21 Å². The number of hydrogen-bond donors (Lipinski definition) is 1. The third kappa shape index (κ3) is 2.10. The van der Waals surface area contributed by atoms with Crippen LogP contribution in [0.3, 0.4) is 0 Å². The van der Waals surface area contributed by atoms with Gasteiger partial charge in [-0.2, -0.15) is 0 Å². The summed E-state index contributed by atoms with van der Waals surface area (Å²) in [7, 11) is 0. The van der Waals surface area contributed by atoms with E-state index < -0.39 is 0 Å². The molecule has 1 aliphatic rings. The highest BCUT2D eigenvalue weighted by Crippen LogP contribution is 2.32. The summed E-state index contributed by atoms with van der Waals surface area (Å²) in [5.41, 5.74) is 1.55. The highest BCUT2D eigenvalue weighted by atomic mass is 35.5. The molecule has 0 aromatic carbocycles. The van der Waals surface area contributed by atoms with Crippen molar-refractivity contribution in [3.8, 4) is 0 Å². The normalized spacial score (nSPS) is 30.4. The maximum Gasteiger partial charge on any atom is 0.134 e. The molecule has 1 saturated carbocycles. The highest BCUT2D eigenvalue weighted by molar-refractivity contribution is 6.32. The molecular formula is C9H13ClN2O. The molecule has 0 saturated heterocycles. The van der Waals surface area contributed by atoms with Gasteiger partial charge < -0.3 is 5.21 Å². The van der Waals surface area contributed by atoms with Crippen LogP contribution in [0.1, 0.15) is 26.7 Å². The summed E-state index contributed by atoms with van der Waals surface area (Å²) >= 11 is 5.95. The first-order chi connectivity index (χ1) is 6.20. The Balaban J connectivity index is 3.05. The number of allylic oxidation sites excluding steroid dienone is 1. The lowest BCUT2D eigenvalue weighted by Gasteiger charge is -2.04. The van der Waals surface area contributed by atoms with Gasteiger partial charge in [0, 0.05) is 11.8 Å². The molecule has 4 heteroatoms. The molecule has 0 aliphatic heterocycles. The zero-order valence-corrected chi connectivity index (χ0v) is 8.54. The van der Waals surface area contributed by atoms with E-state index in [1.54, 1.807) is 13.1 Å². The summed E-state index contributed by atoms with van der Waals surface area (Å²) in [6.07, 6.45) is 3.39. The molecule has 13 heavy (non-hydrogen) atoms. The smallest absolute Gasteiger partial charge is 0.134 e. The fourth-order valence-electron chi connectivity index (χ4n) is 1.53. The highest BCUT2D eigenvalue weighted by Gasteiger charge is 2.26. The molecule has 0 radical (unpaired) electrons. The van der Waals surface area contributed by atoms with Crippen LogP contribution in [0.5, 0.6) is 0 Å². The minimum atomic E-state index is 0.335. The zero-order chi connectivity index (χ0) is 9.84. The maximum absolute atomic E-state index is 8.71. The van der Waals surface area contributed by atoms with Gasteiger partial charge in [0.25, 0.3) is 0 Å². The van der Waals surface area contributed by atoms with E-state index in [1.807, 2.05) is 0 Å². The molecular weight excluding hydrogens is 188 g/mol. The van der Waals surface area contributed by atoms with Crippen LogP contribution in [-0.4, -0.2) is 17.1 Å². The van der Waals surface area contributed by atoms with Crippen LogP contribution < -0.4 is 0 Å². The van der Waals surface area contributed by atoms with Crippen LogP contribution in [0.15, 0.2) is 20.9 Å². The number of oxime groups is 1. The van der Waals surface area contributed by atoms with E-state index in [2.05, 4.69) is 17.1 Å². The SMILES string of the molecule is CC=NC(Cl)=C1/C(=N/O)CC[C@H]1C. The van der Waals surface area contributed by atoms with Crippen molar-refractivity contribution in [2.24, 2.45) is 16.1 Å². The quantitative estimate of drug-likeness (QED) is 0.301. The van der Waals surface area contributed by atoms with Crippen molar-refractivity contribution in [2.75, 3.05) is 0 Å². The van der Waals surface area contributed by atoms with Crippen molar-refractivity contribution >= 4 is 23.5 Å². The van der Waals surface area contributed by atoms with Gasteiger partial charge in [0.2, 0.25) is 0 Å². The van der Waals surface area contributed by atoms with Gasteiger partial charge in [0.15, 0.2) is 0 Å². The van der Waals surface area contributed by atoms with E-state index in [0.29, 0.717) is 16.8 Å². The van der Waals surface area contributed by atoms with Crippen LogP contribution in [0.25, 0.3) is 0 Å². The predicted octanol–water partition coefficient (Wildman–Crippen LogP) is 2.79. The minimum absolute atomic E-state index is 0.335. The van der Waals surface area contributed by atoms with E-state index in [9.17, 15) is 0 Å². The fourth-order valence-corrected chi connectivity index (χ4v) is 1.92. The van der Waals surface area contributed by atoms with Crippen molar-refractivity contribution in [1.82, 2.24) is 0 Å². The molecule has 0 bridgehead atoms. The summed E-state index contributed by atoms with van der Waals surface area (Å²) in [5, 5.41) is 12.4. The summed E-state index contributed by atoms with van der Waals surface area (Å²) in [5.74, 6) is 0.335. The molecule has 1 rings (SSSR count). The second-order valence-corrected chi connectivity index (χ2v) is 3.44. The zero-order valence-electron chi connectivity index (χ0n) is 7.79. The van der Waals surface area contributed by atoms with Crippen molar-refractivity contribution in [3.63, 3.8) is 0 Å². The largest absolute Gasteiger partial charge is 0.411 e. The predicted molar refractivity (Wildman–Crippen MR) is 54.7 cm³/mol. The maximum atomic E-state index is 8.71. The molecule has 0 spiro atoms. The first kappa shape index (κ1) is 10.3. The fraction of sp³-hybridized carbons (Fsp3) is 0.556.